The van der Waals surface area contributed by atoms with Gasteiger partial charge in [-0.1, -0.05) is 6.92 Å². The fourth-order valence-corrected chi connectivity index (χ4v) is 1.28. The molecule has 1 heterocycles. The molecule has 0 amide bonds. The van der Waals surface area contributed by atoms with Crippen molar-refractivity contribution in [2.45, 2.75) is 39.0 Å². The van der Waals surface area contributed by atoms with Crippen LogP contribution >= 0.6 is 0 Å². The van der Waals surface area contributed by atoms with Gasteiger partial charge in [-0.3, -0.25) is 4.90 Å². The molecule has 2 nitrogen and oxygen atoms in total. The molecule has 0 N–H and O–H groups in total. The van der Waals surface area contributed by atoms with Crippen LogP contribution in [0.2, 0.25) is 0 Å². The van der Waals surface area contributed by atoms with Gasteiger partial charge in [0.2, 0.25) is 0 Å². The van der Waals surface area contributed by atoms with E-state index in [2.05, 4.69) is 25.8 Å². The minimum absolute atomic E-state index is 0.318. The first-order chi connectivity index (χ1) is 4.74. The lowest BCUT2D eigenvalue weighted by atomic mass is 10.1. The summed E-state index contributed by atoms with van der Waals surface area (Å²) >= 11 is 0. The van der Waals surface area contributed by atoms with Crippen molar-refractivity contribution in [3.63, 3.8) is 0 Å². The molecule has 60 valence electrons. The van der Waals surface area contributed by atoms with E-state index in [1.807, 2.05) is 0 Å². The molecule has 2 heteroatoms. The van der Waals surface area contributed by atoms with Crippen molar-refractivity contribution in [3.05, 3.63) is 0 Å². The van der Waals surface area contributed by atoms with Gasteiger partial charge in [-0.2, -0.15) is 0 Å². The van der Waals surface area contributed by atoms with E-state index >= 15 is 0 Å². The van der Waals surface area contributed by atoms with Crippen LogP contribution in [0.1, 0.15) is 26.7 Å². The van der Waals surface area contributed by atoms with Crippen LogP contribution in [-0.2, 0) is 4.74 Å². The van der Waals surface area contributed by atoms with Crippen molar-refractivity contribution < 1.29 is 4.74 Å². The minimum atomic E-state index is 0.318. The Hall–Kier alpha value is -0.0800. The lowest BCUT2D eigenvalue weighted by molar-refractivity contribution is -0.120. The van der Waals surface area contributed by atoms with Gasteiger partial charge in [0, 0.05) is 6.54 Å². The Labute approximate surface area is 63.2 Å². The second-order valence-corrected chi connectivity index (χ2v) is 3.03. The zero-order valence-electron chi connectivity index (χ0n) is 7.13. The lowest BCUT2D eigenvalue weighted by Gasteiger charge is -2.34. The summed E-state index contributed by atoms with van der Waals surface area (Å²) in [5, 5.41) is 0. The quantitative estimate of drug-likeness (QED) is 0.551. The maximum atomic E-state index is 5.67. The number of rotatable bonds is 1. The topological polar surface area (TPSA) is 12.5 Å². The zero-order chi connectivity index (χ0) is 7.56. The van der Waals surface area contributed by atoms with Crippen LogP contribution in [0, 0.1) is 0 Å². The molecule has 0 radical (unpaired) electrons. The van der Waals surface area contributed by atoms with Crippen LogP contribution in [0.5, 0.6) is 0 Å². The number of nitrogens with zero attached hydrogens (tertiary/aromatic N) is 1. The molecule has 1 aliphatic rings. The Morgan fingerprint density at radius 3 is 2.80 bits per heavy atom. The molecule has 1 rings (SSSR count). The van der Waals surface area contributed by atoms with Gasteiger partial charge in [0.1, 0.15) is 6.23 Å². The molecule has 1 saturated heterocycles. The van der Waals surface area contributed by atoms with E-state index in [9.17, 15) is 0 Å². The third-order valence-electron chi connectivity index (χ3n) is 2.27. The summed E-state index contributed by atoms with van der Waals surface area (Å²) in [6, 6.07) is 0. The maximum absolute atomic E-state index is 5.67. The van der Waals surface area contributed by atoms with E-state index in [4.69, 9.17) is 4.74 Å². The van der Waals surface area contributed by atoms with Crippen molar-refractivity contribution in [3.8, 4) is 0 Å². The van der Waals surface area contributed by atoms with Gasteiger partial charge in [-0.05, 0) is 26.8 Å². The predicted octanol–water partition coefficient (Wildman–Crippen LogP) is 1.46. The predicted molar refractivity (Wildman–Crippen MR) is 41.9 cm³/mol. The molecule has 2 atom stereocenters. The van der Waals surface area contributed by atoms with Crippen LogP contribution in [0.25, 0.3) is 0 Å². The highest BCUT2D eigenvalue weighted by Gasteiger charge is 2.20. The normalized spacial score (nSPS) is 36.3. The van der Waals surface area contributed by atoms with Crippen molar-refractivity contribution in [2.75, 3.05) is 13.6 Å². The van der Waals surface area contributed by atoms with Gasteiger partial charge < -0.3 is 4.74 Å². The van der Waals surface area contributed by atoms with Crippen LogP contribution in [0.4, 0.5) is 0 Å². The SMILES string of the molecule is CC[C@@H]1CCN(C)[C@H](C)O1. The molecule has 0 aromatic heterocycles. The highest BCUT2D eigenvalue weighted by Crippen LogP contribution is 2.15. The summed E-state index contributed by atoms with van der Waals surface area (Å²) in [4.78, 5) is 2.24. The third kappa shape index (κ3) is 1.70. The molecule has 0 unspecified atom stereocenters. The van der Waals surface area contributed by atoms with E-state index < -0.39 is 0 Å². The van der Waals surface area contributed by atoms with Crippen LogP contribution in [0.3, 0.4) is 0 Å². The van der Waals surface area contributed by atoms with Crippen molar-refractivity contribution in [1.82, 2.24) is 4.90 Å². The Bertz CT molecular complexity index is 105. The van der Waals surface area contributed by atoms with Crippen LogP contribution < -0.4 is 0 Å². The lowest BCUT2D eigenvalue weighted by Crippen LogP contribution is -2.41. The molecular weight excluding hydrogens is 126 g/mol. The van der Waals surface area contributed by atoms with E-state index in [0.29, 0.717) is 12.3 Å². The first-order valence-corrected chi connectivity index (χ1v) is 4.09. The molecule has 0 aromatic rings. The smallest absolute Gasteiger partial charge is 0.107 e. The molecule has 1 fully saturated rings. The summed E-state index contributed by atoms with van der Waals surface area (Å²) in [5.74, 6) is 0. The summed E-state index contributed by atoms with van der Waals surface area (Å²) in [6.07, 6.45) is 3.17. The molecule has 1 aliphatic heterocycles. The summed E-state index contributed by atoms with van der Waals surface area (Å²) in [7, 11) is 2.11. The first-order valence-electron chi connectivity index (χ1n) is 4.09. The van der Waals surface area contributed by atoms with Crippen molar-refractivity contribution >= 4 is 0 Å². The summed E-state index contributed by atoms with van der Waals surface area (Å²) in [5.41, 5.74) is 0. The summed E-state index contributed by atoms with van der Waals surface area (Å²) < 4.78 is 5.67. The highest BCUT2D eigenvalue weighted by atomic mass is 16.5. The Morgan fingerprint density at radius 2 is 2.30 bits per heavy atom. The Balaban J connectivity index is 2.33. The highest BCUT2D eigenvalue weighted by molar-refractivity contribution is 4.67. The third-order valence-corrected chi connectivity index (χ3v) is 2.27. The van der Waals surface area contributed by atoms with Gasteiger partial charge in [-0.15, -0.1) is 0 Å². The minimum Gasteiger partial charge on any atom is -0.360 e. The monoisotopic (exact) mass is 143 g/mol. The van der Waals surface area contributed by atoms with Gasteiger partial charge >= 0.3 is 0 Å². The standard InChI is InChI=1S/C8H17NO/c1-4-8-5-6-9(3)7(2)10-8/h7-8H,4-6H2,1-3H3/t7-,8+/m0/s1. The molecule has 0 aliphatic carbocycles. The van der Waals surface area contributed by atoms with Crippen molar-refractivity contribution in [2.24, 2.45) is 0 Å². The van der Waals surface area contributed by atoms with Crippen LogP contribution in [0.15, 0.2) is 0 Å². The number of ether oxygens (including phenoxy) is 1. The number of hydrogen-bond donors (Lipinski definition) is 0. The van der Waals surface area contributed by atoms with E-state index in [-0.39, 0.29) is 0 Å². The second kappa shape index (κ2) is 3.35. The summed E-state index contributed by atoms with van der Waals surface area (Å²) in [6.45, 7) is 5.48. The van der Waals surface area contributed by atoms with E-state index in [1.165, 1.54) is 13.0 Å². The molecular formula is C8H17NO. The molecule has 0 aromatic carbocycles. The van der Waals surface area contributed by atoms with Gasteiger partial charge in [0.15, 0.2) is 0 Å². The van der Waals surface area contributed by atoms with E-state index in [0.717, 1.165) is 6.42 Å². The average molecular weight is 143 g/mol. The van der Waals surface area contributed by atoms with Crippen LogP contribution in [-0.4, -0.2) is 30.8 Å². The Morgan fingerprint density at radius 1 is 1.60 bits per heavy atom. The largest absolute Gasteiger partial charge is 0.360 e. The second-order valence-electron chi connectivity index (χ2n) is 3.03. The Kier molecular flexibility index (Phi) is 2.69. The molecule has 0 saturated carbocycles. The maximum Gasteiger partial charge on any atom is 0.107 e. The fraction of sp³-hybridized carbons (Fsp3) is 1.00. The van der Waals surface area contributed by atoms with Crippen molar-refractivity contribution in [1.29, 1.82) is 0 Å². The van der Waals surface area contributed by atoms with Gasteiger partial charge in [0.05, 0.1) is 6.10 Å². The molecule has 10 heavy (non-hydrogen) atoms. The zero-order valence-corrected chi connectivity index (χ0v) is 7.13. The first kappa shape index (κ1) is 8.02. The molecule has 0 spiro atoms. The molecule has 0 bridgehead atoms. The average Bonchev–Trinajstić information content (AvgIpc) is 1.95. The fourth-order valence-electron chi connectivity index (χ4n) is 1.28. The number of hydrogen-bond acceptors (Lipinski definition) is 2. The van der Waals surface area contributed by atoms with Gasteiger partial charge in [-0.25, -0.2) is 0 Å². The van der Waals surface area contributed by atoms with Gasteiger partial charge in [0.25, 0.3) is 0 Å². The van der Waals surface area contributed by atoms with E-state index in [1.54, 1.807) is 0 Å².